The van der Waals surface area contributed by atoms with Crippen molar-refractivity contribution in [3.05, 3.63) is 47.3 Å². The predicted molar refractivity (Wildman–Crippen MR) is 136 cm³/mol. The first kappa shape index (κ1) is 25.7. The summed E-state index contributed by atoms with van der Waals surface area (Å²) in [5.74, 6) is 0.0567. The number of nitrogens with zero attached hydrogens (tertiary/aromatic N) is 3. The molecule has 36 heavy (non-hydrogen) atoms. The SMILES string of the molecule is CCCN1C(=O)c2cc(C(=O)NCCc3ccc(OCC)cc3)nn2CC1(C)C(=O)NC1CCCC1. The zero-order chi connectivity index (χ0) is 25.7. The number of hydrogen-bond acceptors (Lipinski definition) is 5. The summed E-state index contributed by atoms with van der Waals surface area (Å²) in [5.41, 5.74) is 0.543. The molecule has 1 aliphatic carbocycles. The van der Waals surface area contributed by atoms with Crippen molar-refractivity contribution >= 4 is 17.7 Å². The molecule has 1 atom stereocenters. The fourth-order valence-electron chi connectivity index (χ4n) is 5.07. The van der Waals surface area contributed by atoms with E-state index in [-0.39, 0.29) is 36.0 Å². The Labute approximate surface area is 212 Å². The summed E-state index contributed by atoms with van der Waals surface area (Å²) in [6, 6.07) is 9.47. The van der Waals surface area contributed by atoms with Crippen molar-refractivity contribution in [2.45, 2.75) is 77.4 Å². The Morgan fingerprint density at radius 1 is 1.17 bits per heavy atom. The van der Waals surface area contributed by atoms with Gasteiger partial charge < -0.3 is 20.3 Å². The molecule has 1 unspecified atom stereocenters. The maximum absolute atomic E-state index is 13.4. The maximum Gasteiger partial charge on any atom is 0.273 e. The van der Waals surface area contributed by atoms with Gasteiger partial charge in [0, 0.05) is 25.2 Å². The van der Waals surface area contributed by atoms with Crippen LogP contribution in [0.25, 0.3) is 0 Å². The molecule has 194 valence electrons. The van der Waals surface area contributed by atoms with E-state index in [0.717, 1.165) is 43.4 Å². The van der Waals surface area contributed by atoms with Crippen LogP contribution in [0, 0.1) is 0 Å². The highest BCUT2D eigenvalue weighted by Gasteiger charge is 2.48. The van der Waals surface area contributed by atoms with E-state index in [9.17, 15) is 14.4 Å². The largest absolute Gasteiger partial charge is 0.494 e. The van der Waals surface area contributed by atoms with Crippen molar-refractivity contribution < 1.29 is 19.1 Å². The van der Waals surface area contributed by atoms with Crippen LogP contribution in [0.1, 0.15) is 79.4 Å². The number of aromatic nitrogens is 2. The van der Waals surface area contributed by atoms with Gasteiger partial charge in [-0.3, -0.25) is 19.1 Å². The molecule has 9 nitrogen and oxygen atoms in total. The molecule has 3 amide bonds. The molecule has 4 rings (SSSR count). The van der Waals surface area contributed by atoms with E-state index in [1.165, 1.54) is 10.7 Å². The minimum Gasteiger partial charge on any atom is -0.494 e. The fourth-order valence-corrected chi connectivity index (χ4v) is 5.07. The summed E-state index contributed by atoms with van der Waals surface area (Å²) in [4.78, 5) is 41.2. The van der Waals surface area contributed by atoms with Crippen LogP contribution in [0.3, 0.4) is 0 Å². The lowest BCUT2D eigenvalue weighted by molar-refractivity contribution is -0.133. The van der Waals surface area contributed by atoms with Gasteiger partial charge in [0.05, 0.1) is 13.2 Å². The lowest BCUT2D eigenvalue weighted by Crippen LogP contribution is -2.65. The van der Waals surface area contributed by atoms with Crippen LogP contribution in [0.15, 0.2) is 30.3 Å². The number of carbonyl (C=O) groups is 3. The van der Waals surface area contributed by atoms with Crippen LogP contribution in [0.5, 0.6) is 5.75 Å². The standard InChI is InChI=1S/C27H37N5O4/c1-4-16-31-25(34)23-17-22(24(33)28-15-14-19-10-12-21(13-11-19)36-5-2)30-32(23)18-27(31,3)26(35)29-20-8-6-7-9-20/h10-13,17,20H,4-9,14-16,18H2,1-3H3,(H,28,33)(H,29,35). The van der Waals surface area contributed by atoms with Gasteiger partial charge in [0.2, 0.25) is 5.91 Å². The first-order valence-corrected chi connectivity index (χ1v) is 13.1. The van der Waals surface area contributed by atoms with Gasteiger partial charge in [0.1, 0.15) is 17.0 Å². The Hall–Kier alpha value is -3.36. The molecule has 1 fully saturated rings. The Bertz CT molecular complexity index is 1090. The van der Waals surface area contributed by atoms with E-state index in [0.29, 0.717) is 31.8 Å². The number of ether oxygens (including phenoxy) is 1. The van der Waals surface area contributed by atoms with Gasteiger partial charge in [0.15, 0.2) is 5.69 Å². The molecular weight excluding hydrogens is 458 g/mol. The third kappa shape index (κ3) is 5.39. The Balaban J connectivity index is 1.43. The normalized spacial score (nSPS) is 19.8. The molecule has 2 aromatic rings. The molecule has 0 saturated heterocycles. The van der Waals surface area contributed by atoms with E-state index in [1.54, 1.807) is 11.8 Å². The molecule has 9 heteroatoms. The number of carbonyl (C=O) groups excluding carboxylic acids is 3. The monoisotopic (exact) mass is 495 g/mol. The summed E-state index contributed by atoms with van der Waals surface area (Å²) in [6.07, 6.45) is 5.55. The Kier molecular flexibility index (Phi) is 7.96. The van der Waals surface area contributed by atoms with E-state index in [4.69, 9.17) is 4.74 Å². The van der Waals surface area contributed by atoms with Crippen LogP contribution in [0.4, 0.5) is 0 Å². The second kappa shape index (κ2) is 11.1. The molecule has 0 bridgehead atoms. The van der Waals surface area contributed by atoms with Crippen LogP contribution in [0.2, 0.25) is 0 Å². The van der Waals surface area contributed by atoms with E-state index >= 15 is 0 Å². The van der Waals surface area contributed by atoms with Crippen LogP contribution >= 0.6 is 0 Å². The molecule has 1 saturated carbocycles. The first-order chi connectivity index (χ1) is 17.4. The minimum absolute atomic E-state index is 0.154. The number of fused-ring (bicyclic) bond motifs is 1. The topological polar surface area (TPSA) is 106 Å². The van der Waals surface area contributed by atoms with Crippen molar-refractivity contribution in [3.63, 3.8) is 0 Å². The summed E-state index contributed by atoms with van der Waals surface area (Å²) >= 11 is 0. The molecule has 0 radical (unpaired) electrons. The number of hydrogen-bond donors (Lipinski definition) is 2. The molecule has 2 N–H and O–H groups in total. The van der Waals surface area contributed by atoms with Gasteiger partial charge in [-0.15, -0.1) is 0 Å². The van der Waals surface area contributed by atoms with Crippen molar-refractivity contribution in [3.8, 4) is 5.75 Å². The lowest BCUT2D eigenvalue weighted by atomic mass is 9.94. The average molecular weight is 496 g/mol. The van der Waals surface area contributed by atoms with Crippen molar-refractivity contribution in [1.29, 1.82) is 0 Å². The quantitative estimate of drug-likeness (QED) is 0.527. The van der Waals surface area contributed by atoms with E-state index < -0.39 is 5.54 Å². The summed E-state index contributed by atoms with van der Waals surface area (Å²) in [7, 11) is 0. The van der Waals surface area contributed by atoms with Gasteiger partial charge >= 0.3 is 0 Å². The minimum atomic E-state index is -1.06. The van der Waals surface area contributed by atoms with E-state index in [1.807, 2.05) is 38.1 Å². The Morgan fingerprint density at radius 2 is 1.89 bits per heavy atom. The third-order valence-corrected chi connectivity index (χ3v) is 7.09. The summed E-state index contributed by atoms with van der Waals surface area (Å²) in [6.45, 7) is 7.45. The van der Waals surface area contributed by atoms with Gasteiger partial charge in [0.25, 0.3) is 11.8 Å². The third-order valence-electron chi connectivity index (χ3n) is 7.09. The van der Waals surface area contributed by atoms with Crippen molar-refractivity contribution in [2.24, 2.45) is 0 Å². The highest BCUT2D eigenvalue weighted by molar-refractivity contribution is 6.01. The maximum atomic E-state index is 13.4. The molecular formula is C27H37N5O4. The second-order valence-electron chi connectivity index (χ2n) is 9.84. The Morgan fingerprint density at radius 3 is 2.56 bits per heavy atom. The van der Waals surface area contributed by atoms with Crippen LogP contribution < -0.4 is 15.4 Å². The van der Waals surface area contributed by atoms with Crippen molar-refractivity contribution in [1.82, 2.24) is 25.3 Å². The molecule has 2 heterocycles. The average Bonchev–Trinajstić information content (AvgIpc) is 3.53. The number of rotatable bonds is 10. The lowest BCUT2D eigenvalue weighted by Gasteiger charge is -2.43. The van der Waals surface area contributed by atoms with Gasteiger partial charge in [-0.1, -0.05) is 31.9 Å². The predicted octanol–water partition coefficient (Wildman–Crippen LogP) is 2.94. The van der Waals surface area contributed by atoms with E-state index in [2.05, 4.69) is 15.7 Å². The van der Waals surface area contributed by atoms with Crippen LogP contribution in [-0.4, -0.2) is 63.7 Å². The molecule has 1 aliphatic heterocycles. The highest BCUT2D eigenvalue weighted by atomic mass is 16.5. The number of benzene rings is 1. The molecule has 1 aromatic carbocycles. The smallest absolute Gasteiger partial charge is 0.273 e. The number of amides is 3. The van der Waals surface area contributed by atoms with Gasteiger partial charge in [-0.25, -0.2) is 0 Å². The summed E-state index contributed by atoms with van der Waals surface area (Å²) in [5, 5.41) is 10.5. The molecule has 2 aliphatic rings. The molecule has 0 spiro atoms. The zero-order valence-electron chi connectivity index (χ0n) is 21.5. The summed E-state index contributed by atoms with van der Waals surface area (Å²) < 4.78 is 6.98. The zero-order valence-corrected chi connectivity index (χ0v) is 21.5. The van der Waals surface area contributed by atoms with Gasteiger partial charge in [-0.2, -0.15) is 5.10 Å². The fraction of sp³-hybridized carbons (Fsp3) is 0.556. The first-order valence-electron chi connectivity index (χ1n) is 13.1. The number of nitrogens with one attached hydrogen (secondary N) is 2. The highest BCUT2D eigenvalue weighted by Crippen LogP contribution is 2.29. The second-order valence-corrected chi connectivity index (χ2v) is 9.84. The molecule has 1 aromatic heterocycles. The van der Waals surface area contributed by atoms with Crippen molar-refractivity contribution in [2.75, 3.05) is 19.7 Å². The van der Waals surface area contributed by atoms with Gasteiger partial charge in [-0.05, 0) is 57.2 Å². The van der Waals surface area contributed by atoms with Crippen LogP contribution in [-0.2, 0) is 17.8 Å².